The number of likely N-dealkylation sites (N-methyl/N-ethyl adjacent to an activating group) is 1. The highest BCUT2D eigenvalue weighted by Crippen LogP contribution is 2.27. The van der Waals surface area contributed by atoms with Gasteiger partial charge in [0.25, 0.3) is 0 Å². The van der Waals surface area contributed by atoms with Crippen LogP contribution < -0.4 is 4.90 Å². The normalized spacial score (nSPS) is 15.9. The zero-order valence-electron chi connectivity index (χ0n) is 12.5. The molecule has 0 aliphatic rings. The van der Waals surface area contributed by atoms with Gasteiger partial charge in [-0.1, -0.05) is 33.0 Å². The van der Waals surface area contributed by atoms with Gasteiger partial charge in [-0.3, -0.25) is 0 Å². The first-order valence-corrected chi connectivity index (χ1v) is 7.29. The van der Waals surface area contributed by atoms with E-state index in [0.29, 0.717) is 5.56 Å². The van der Waals surface area contributed by atoms with E-state index in [9.17, 15) is 9.50 Å². The van der Waals surface area contributed by atoms with Crippen LogP contribution in [0.5, 0.6) is 0 Å². The fourth-order valence-corrected chi connectivity index (χ4v) is 2.07. The lowest BCUT2D eigenvalue weighted by Gasteiger charge is -2.25. The molecule has 0 radical (unpaired) electrons. The molecule has 0 bridgehead atoms. The number of hydrogen-bond donors (Lipinski definition) is 1. The zero-order valence-corrected chi connectivity index (χ0v) is 13.6. The summed E-state index contributed by atoms with van der Waals surface area (Å²) in [7, 11) is 4.03. The van der Waals surface area contributed by atoms with E-state index in [4.69, 9.17) is 0 Å². The van der Waals surface area contributed by atoms with Crippen LogP contribution in [0.25, 0.3) is 0 Å². The molecule has 0 saturated carbocycles. The molecule has 0 aliphatic heterocycles. The van der Waals surface area contributed by atoms with E-state index in [1.807, 2.05) is 50.1 Å². The number of allylic oxidation sites excluding steroid dienone is 3. The van der Waals surface area contributed by atoms with E-state index in [1.54, 1.807) is 19.1 Å². The molecule has 110 valence electrons. The zero-order chi connectivity index (χ0) is 15.3. The van der Waals surface area contributed by atoms with Crippen molar-refractivity contribution in [3.8, 4) is 0 Å². The second kappa shape index (κ2) is 7.56. The fourth-order valence-electron chi connectivity index (χ4n) is 1.85. The Labute approximate surface area is 123 Å². The van der Waals surface area contributed by atoms with E-state index >= 15 is 0 Å². The molecule has 20 heavy (non-hydrogen) atoms. The van der Waals surface area contributed by atoms with Crippen molar-refractivity contribution in [3.63, 3.8) is 0 Å². The van der Waals surface area contributed by atoms with E-state index in [2.05, 4.69) is 9.24 Å². The van der Waals surface area contributed by atoms with Crippen molar-refractivity contribution < 1.29 is 9.50 Å². The number of aliphatic hydroxyl groups is 1. The van der Waals surface area contributed by atoms with Gasteiger partial charge in [0.05, 0.1) is 6.10 Å². The quantitative estimate of drug-likeness (QED) is 0.650. The third-order valence-corrected chi connectivity index (χ3v) is 3.63. The van der Waals surface area contributed by atoms with Crippen LogP contribution in [-0.4, -0.2) is 18.3 Å². The number of alkyl halides is 1. The van der Waals surface area contributed by atoms with Crippen molar-refractivity contribution in [1.82, 2.24) is 0 Å². The van der Waals surface area contributed by atoms with Crippen LogP contribution in [0.2, 0.25) is 0 Å². The highest BCUT2D eigenvalue weighted by atomic mass is 31.0. The third kappa shape index (κ3) is 4.43. The van der Waals surface area contributed by atoms with E-state index in [1.165, 1.54) is 0 Å². The van der Waals surface area contributed by atoms with Crippen molar-refractivity contribution in [2.45, 2.75) is 32.8 Å². The minimum Gasteiger partial charge on any atom is -0.387 e. The van der Waals surface area contributed by atoms with Crippen molar-refractivity contribution >= 4 is 14.9 Å². The molecule has 0 spiro atoms. The molecule has 0 heterocycles. The number of halogens is 1. The monoisotopic (exact) mass is 295 g/mol. The van der Waals surface area contributed by atoms with E-state index in [-0.39, 0.29) is 0 Å². The SMILES string of the molecule is C/C=C(C)\C=C(\C(C)O)N(C)c1ccc(C(F)P)cc1. The molecule has 0 saturated heterocycles. The molecule has 1 N–H and O–H groups in total. The van der Waals surface area contributed by atoms with Gasteiger partial charge >= 0.3 is 0 Å². The first kappa shape index (κ1) is 16.9. The Morgan fingerprint density at radius 3 is 2.30 bits per heavy atom. The lowest BCUT2D eigenvalue weighted by atomic mass is 10.1. The minimum absolute atomic E-state index is 0.578. The highest BCUT2D eigenvalue weighted by Gasteiger charge is 2.13. The number of hydrogen-bond acceptors (Lipinski definition) is 2. The van der Waals surface area contributed by atoms with Crippen LogP contribution in [0.3, 0.4) is 0 Å². The van der Waals surface area contributed by atoms with Gasteiger partial charge in [-0.05, 0) is 44.5 Å². The Kier molecular flexibility index (Phi) is 6.38. The molecule has 3 unspecified atom stereocenters. The van der Waals surface area contributed by atoms with Gasteiger partial charge in [-0.15, -0.1) is 0 Å². The number of benzene rings is 1. The van der Waals surface area contributed by atoms with Gasteiger partial charge < -0.3 is 10.0 Å². The molecule has 1 rings (SSSR count). The lowest BCUT2D eigenvalue weighted by molar-refractivity contribution is 0.228. The summed E-state index contributed by atoms with van der Waals surface area (Å²) in [4.78, 5) is 1.91. The smallest absolute Gasteiger partial charge is 0.138 e. The summed E-state index contributed by atoms with van der Waals surface area (Å²) in [6, 6.07) is 7.22. The van der Waals surface area contributed by atoms with E-state index < -0.39 is 12.0 Å². The van der Waals surface area contributed by atoms with Gasteiger partial charge in [0.2, 0.25) is 0 Å². The first-order chi connectivity index (χ1) is 9.36. The summed E-state index contributed by atoms with van der Waals surface area (Å²) in [5, 5.41) is 9.93. The number of aliphatic hydroxyl groups excluding tert-OH is 1. The van der Waals surface area contributed by atoms with Crippen molar-refractivity contribution in [1.29, 1.82) is 0 Å². The van der Waals surface area contributed by atoms with Gasteiger partial charge in [-0.25, -0.2) is 4.39 Å². The van der Waals surface area contributed by atoms with Gasteiger partial charge in [-0.2, -0.15) is 0 Å². The summed E-state index contributed by atoms with van der Waals surface area (Å²) >= 11 is 0. The molecule has 0 aliphatic carbocycles. The van der Waals surface area contributed by atoms with Crippen molar-refractivity contribution in [2.75, 3.05) is 11.9 Å². The molecule has 1 aromatic rings. The molecule has 4 heteroatoms. The topological polar surface area (TPSA) is 23.5 Å². The van der Waals surface area contributed by atoms with Gasteiger partial charge in [0, 0.05) is 18.4 Å². The average molecular weight is 295 g/mol. The summed E-state index contributed by atoms with van der Waals surface area (Å²) in [5.41, 5.74) is 3.42. The molecule has 1 aromatic carbocycles. The Morgan fingerprint density at radius 1 is 1.35 bits per heavy atom. The minimum atomic E-state index is -1.05. The highest BCUT2D eigenvalue weighted by molar-refractivity contribution is 7.16. The van der Waals surface area contributed by atoms with Crippen molar-refractivity contribution in [3.05, 3.63) is 53.3 Å². The van der Waals surface area contributed by atoms with Gasteiger partial charge in [0.15, 0.2) is 0 Å². The second-order valence-electron chi connectivity index (χ2n) is 4.83. The van der Waals surface area contributed by atoms with Crippen LogP contribution >= 0.6 is 9.24 Å². The van der Waals surface area contributed by atoms with Crippen LogP contribution in [0.15, 0.2) is 47.7 Å². The summed E-state index contributed by atoms with van der Waals surface area (Å²) in [6.45, 7) is 5.68. The number of rotatable bonds is 5. The second-order valence-corrected chi connectivity index (χ2v) is 5.42. The summed E-state index contributed by atoms with van der Waals surface area (Å²) < 4.78 is 13.2. The standard InChI is InChI=1S/C16H23FNOP/c1-5-11(2)10-15(12(3)19)18(4)14-8-6-13(7-9-14)16(17)20/h5-10,12,16,19H,20H2,1-4H3/b11-5-,15-10-. The Morgan fingerprint density at radius 2 is 1.90 bits per heavy atom. The third-order valence-electron chi connectivity index (χ3n) is 3.25. The maximum Gasteiger partial charge on any atom is 0.138 e. The van der Waals surface area contributed by atoms with Crippen LogP contribution in [0, 0.1) is 0 Å². The van der Waals surface area contributed by atoms with Crippen LogP contribution in [-0.2, 0) is 0 Å². The number of nitrogens with zero attached hydrogens (tertiary/aromatic N) is 1. The molecule has 0 fully saturated rings. The van der Waals surface area contributed by atoms with Gasteiger partial charge in [0.1, 0.15) is 5.91 Å². The Balaban J connectivity index is 3.07. The maximum absolute atomic E-state index is 13.2. The summed E-state index contributed by atoms with van der Waals surface area (Å²) in [5.74, 6) is -1.05. The largest absolute Gasteiger partial charge is 0.387 e. The molecular weight excluding hydrogens is 272 g/mol. The van der Waals surface area contributed by atoms with Crippen molar-refractivity contribution in [2.24, 2.45) is 0 Å². The summed E-state index contributed by atoms with van der Waals surface area (Å²) in [6.07, 6.45) is 3.36. The first-order valence-electron chi connectivity index (χ1n) is 6.62. The lowest BCUT2D eigenvalue weighted by Crippen LogP contribution is -2.24. The molecular formula is C16H23FNOP. The maximum atomic E-state index is 13.2. The Bertz CT molecular complexity index is 492. The molecule has 0 amide bonds. The molecule has 0 aromatic heterocycles. The number of anilines is 1. The predicted octanol–water partition coefficient (Wildman–Crippen LogP) is 4.20. The predicted molar refractivity (Wildman–Crippen MR) is 87.6 cm³/mol. The average Bonchev–Trinajstić information content (AvgIpc) is 2.43. The Hall–Kier alpha value is -1.18. The molecule has 2 nitrogen and oxygen atoms in total. The van der Waals surface area contributed by atoms with E-state index in [0.717, 1.165) is 17.0 Å². The van der Waals surface area contributed by atoms with Crippen LogP contribution in [0.1, 0.15) is 32.2 Å². The fraction of sp³-hybridized carbons (Fsp3) is 0.375. The molecule has 3 atom stereocenters. The van der Waals surface area contributed by atoms with Crippen LogP contribution in [0.4, 0.5) is 10.1 Å².